The van der Waals surface area contributed by atoms with Gasteiger partial charge >= 0.3 is 5.97 Å². The van der Waals surface area contributed by atoms with Crippen LogP contribution >= 0.6 is 23.2 Å². The number of benzene rings is 2. The van der Waals surface area contributed by atoms with Crippen LogP contribution in [0.4, 0.5) is 0 Å². The molecular weight excluding hydrogens is 461 g/mol. The first kappa shape index (κ1) is 25.5. The lowest BCUT2D eigenvalue weighted by Gasteiger charge is -2.52. The Morgan fingerprint density at radius 3 is 2.30 bits per heavy atom. The lowest BCUT2D eigenvalue weighted by molar-refractivity contribution is -0.163. The van der Waals surface area contributed by atoms with Crippen molar-refractivity contribution in [3.05, 3.63) is 69.7 Å². The Morgan fingerprint density at radius 1 is 1.09 bits per heavy atom. The quantitative estimate of drug-likeness (QED) is 0.468. The van der Waals surface area contributed by atoms with Gasteiger partial charge in [-0.15, -0.1) is 0 Å². The third-order valence-corrected chi connectivity index (χ3v) is 7.26. The second-order valence-electron chi connectivity index (χ2n) is 9.16. The van der Waals surface area contributed by atoms with Gasteiger partial charge < -0.3 is 15.1 Å². The lowest BCUT2D eigenvalue weighted by atomic mass is 9.66. The maximum atomic E-state index is 14.0. The molecule has 1 saturated heterocycles. The van der Waals surface area contributed by atoms with Crippen molar-refractivity contribution < 1.29 is 19.8 Å². The zero-order chi connectivity index (χ0) is 24.3. The first-order chi connectivity index (χ1) is 15.6. The van der Waals surface area contributed by atoms with E-state index in [0.29, 0.717) is 29.3 Å². The minimum absolute atomic E-state index is 0.218. The second kappa shape index (κ2) is 10.5. The van der Waals surface area contributed by atoms with E-state index >= 15 is 0 Å². The third kappa shape index (κ3) is 5.37. The molecule has 0 bridgehead atoms. The van der Waals surface area contributed by atoms with Crippen molar-refractivity contribution in [3.8, 4) is 0 Å². The highest BCUT2D eigenvalue weighted by atomic mass is 35.5. The summed E-state index contributed by atoms with van der Waals surface area (Å²) in [6.07, 6.45) is 0.344. The molecule has 0 aliphatic carbocycles. The molecule has 2 aromatic rings. The number of likely N-dealkylation sites (tertiary alicyclic amines) is 1. The number of carbonyl (C=O) groups is 2. The first-order valence-electron chi connectivity index (χ1n) is 11.3. The van der Waals surface area contributed by atoms with E-state index in [9.17, 15) is 19.8 Å². The molecule has 1 fully saturated rings. The van der Waals surface area contributed by atoms with Gasteiger partial charge in [-0.1, -0.05) is 68.2 Å². The number of aliphatic hydroxyl groups is 1. The monoisotopic (exact) mass is 491 g/mol. The zero-order valence-electron chi connectivity index (χ0n) is 19.2. The maximum Gasteiger partial charge on any atom is 0.304 e. The van der Waals surface area contributed by atoms with E-state index in [4.69, 9.17) is 23.2 Å². The number of aliphatic carboxylic acids is 1. The predicted octanol–water partition coefficient (Wildman–Crippen LogP) is 6.08. The van der Waals surface area contributed by atoms with E-state index in [1.165, 1.54) is 0 Å². The van der Waals surface area contributed by atoms with E-state index in [1.807, 2.05) is 44.2 Å². The fraction of sp³-hybridized carbons (Fsp3) is 0.462. The van der Waals surface area contributed by atoms with Gasteiger partial charge in [0, 0.05) is 16.0 Å². The molecule has 1 aliphatic heterocycles. The van der Waals surface area contributed by atoms with Crippen LogP contribution in [0.5, 0.6) is 0 Å². The molecule has 0 aromatic heterocycles. The van der Waals surface area contributed by atoms with Crippen LogP contribution in [-0.2, 0) is 9.59 Å². The van der Waals surface area contributed by atoms with Gasteiger partial charge in [-0.3, -0.25) is 9.59 Å². The highest BCUT2D eigenvalue weighted by molar-refractivity contribution is 6.30. The fourth-order valence-corrected chi connectivity index (χ4v) is 5.50. The van der Waals surface area contributed by atoms with Crippen LogP contribution in [0.25, 0.3) is 0 Å². The summed E-state index contributed by atoms with van der Waals surface area (Å²) in [7, 11) is 0. The van der Waals surface area contributed by atoms with Crippen LogP contribution in [0.3, 0.4) is 0 Å². The summed E-state index contributed by atoms with van der Waals surface area (Å²) in [6, 6.07) is 14.0. The molecule has 1 amide bonds. The molecule has 0 unspecified atom stereocenters. The van der Waals surface area contributed by atoms with Crippen LogP contribution in [-0.4, -0.2) is 39.1 Å². The molecule has 5 atom stereocenters. The van der Waals surface area contributed by atoms with Gasteiger partial charge in [0.25, 0.3) is 0 Å². The van der Waals surface area contributed by atoms with Crippen LogP contribution in [0, 0.1) is 5.41 Å². The van der Waals surface area contributed by atoms with Crippen molar-refractivity contribution >= 4 is 35.1 Å². The van der Waals surface area contributed by atoms with E-state index in [2.05, 4.69) is 0 Å². The molecule has 0 spiro atoms. The van der Waals surface area contributed by atoms with Crippen LogP contribution in [0.1, 0.15) is 69.5 Å². The van der Waals surface area contributed by atoms with Crippen molar-refractivity contribution in [2.75, 3.05) is 0 Å². The Hall–Kier alpha value is -2.08. The van der Waals surface area contributed by atoms with E-state index in [0.717, 1.165) is 11.1 Å². The van der Waals surface area contributed by atoms with Gasteiger partial charge in [0.1, 0.15) is 0 Å². The van der Waals surface area contributed by atoms with Crippen molar-refractivity contribution in [2.45, 2.75) is 70.6 Å². The standard InChI is InChI=1S/C26H31Cl2NO4/c1-4-21(22(30)5-2)29-24(16-9-11-18(27)12-10-16)20(17-7-6-8-19(28)13-17)14-26(3,25(29)33)15-23(31)32/h6-13,20-22,24,30H,4-5,14-15H2,1-3H3,(H,31,32)/t20-,21+,22+,24-,26-/m1/s1. The van der Waals surface area contributed by atoms with Crippen molar-refractivity contribution in [1.82, 2.24) is 4.90 Å². The average Bonchev–Trinajstić information content (AvgIpc) is 2.77. The summed E-state index contributed by atoms with van der Waals surface area (Å²) in [6.45, 7) is 5.54. The molecule has 0 saturated carbocycles. The molecule has 1 aliphatic rings. The molecule has 5 nitrogen and oxygen atoms in total. The number of hydrogen-bond acceptors (Lipinski definition) is 3. The minimum Gasteiger partial charge on any atom is -0.481 e. The molecule has 0 radical (unpaired) electrons. The van der Waals surface area contributed by atoms with Gasteiger partial charge in [-0.25, -0.2) is 0 Å². The molecule has 178 valence electrons. The molecule has 2 aromatic carbocycles. The summed E-state index contributed by atoms with van der Waals surface area (Å²) in [4.78, 5) is 27.5. The lowest BCUT2D eigenvalue weighted by Crippen LogP contribution is -2.58. The van der Waals surface area contributed by atoms with Crippen LogP contribution < -0.4 is 0 Å². The average molecular weight is 492 g/mol. The number of carbonyl (C=O) groups excluding carboxylic acids is 1. The van der Waals surface area contributed by atoms with E-state index in [1.54, 1.807) is 30.0 Å². The molecule has 3 rings (SSSR count). The van der Waals surface area contributed by atoms with Gasteiger partial charge in [0.05, 0.1) is 30.0 Å². The Bertz CT molecular complexity index is 996. The third-order valence-electron chi connectivity index (χ3n) is 6.77. The molecule has 33 heavy (non-hydrogen) atoms. The number of nitrogens with zero attached hydrogens (tertiary/aromatic N) is 1. The van der Waals surface area contributed by atoms with Crippen molar-refractivity contribution in [2.24, 2.45) is 5.41 Å². The van der Waals surface area contributed by atoms with Gasteiger partial charge in [-0.05, 0) is 54.7 Å². The Balaban J connectivity index is 2.25. The maximum absolute atomic E-state index is 14.0. The Morgan fingerprint density at radius 2 is 1.76 bits per heavy atom. The van der Waals surface area contributed by atoms with E-state index in [-0.39, 0.29) is 18.2 Å². The molecular formula is C26H31Cl2NO4. The number of carboxylic acid groups (broad SMARTS) is 1. The second-order valence-corrected chi connectivity index (χ2v) is 10.0. The van der Waals surface area contributed by atoms with Gasteiger partial charge in [0.2, 0.25) is 5.91 Å². The summed E-state index contributed by atoms with van der Waals surface area (Å²) in [5, 5.41) is 21.7. The highest BCUT2D eigenvalue weighted by Crippen LogP contribution is 2.52. The van der Waals surface area contributed by atoms with Crippen molar-refractivity contribution in [3.63, 3.8) is 0 Å². The number of aliphatic hydroxyl groups excluding tert-OH is 1. The zero-order valence-corrected chi connectivity index (χ0v) is 20.7. The smallest absolute Gasteiger partial charge is 0.304 e. The number of piperidine rings is 1. The summed E-state index contributed by atoms with van der Waals surface area (Å²) in [5.74, 6) is -1.49. The predicted molar refractivity (Wildman–Crippen MR) is 131 cm³/mol. The van der Waals surface area contributed by atoms with Crippen molar-refractivity contribution in [1.29, 1.82) is 0 Å². The number of rotatable bonds is 8. The number of carboxylic acids is 1. The molecule has 2 N–H and O–H groups in total. The highest BCUT2D eigenvalue weighted by Gasteiger charge is 2.53. The first-order valence-corrected chi connectivity index (χ1v) is 12.1. The Kier molecular flexibility index (Phi) is 8.09. The van der Waals surface area contributed by atoms with Gasteiger partial charge in [-0.2, -0.15) is 0 Å². The number of amides is 1. The largest absolute Gasteiger partial charge is 0.481 e. The summed E-state index contributed by atoms with van der Waals surface area (Å²) < 4.78 is 0. The minimum atomic E-state index is -1.12. The van der Waals surface area contributed by atoms with E-state index < -0.39 is 29.6 Å². The summed E-state index contributed by atoms with van der Waals surface area (Å²) in [5.41, 5.74) is 0.692. The normalized spacial score (nSPS) is 25.0. The number of halogens is 2. The SMILES string of the molecule is CC[C@H](O)[C@H](CC)N1C(=O)[C@@](C)(CC(=O)O)C[C@H](c2cccc(Cl)c2)[C@H]1c1ccc(Cl)cc1. The Labute approximate surface area is 205 Å². The summed E-state index contributed by atoms with van der Waals surface area (Å²) >= 11 is 12.5. The fourth-order valence-electron chi connectivity index (χ4n) is 5.17. The number of hydrogen-bond donors (Lipinski definition) is 2. The topological polar surface area (TPSA) is 77.8 Å². The molecule has 1 heterocycles. The van der Waals surface area contributed by atoms with Gasteiger partial charge in [0.15, 0.2) is 0 Å². The van der Waals surface area contributed by atoms with Crippen LogP contribution in [0.2, 0.25) is 10.0 Å². The molecule has 7 heteroatoms. The van der Waals surface area contributed by atoms with Crippen LogP contribution in [0.15, 0.2) is 48.5 Å².